The molecule has 0 radical (unpaired) electrons. The van der Waals surface area contributed by atoms with Gasteiger partial charge < -0.3 is 34.7 Å². The van der Waals surface area contributed by atoms with Crippen molar-refractivity contribution in [2.24, 2.45) is 0 Å². The molecule has 0 aliphatic carbocycles. The molecule has 0 aliphatic heterocycles. The number of hydrogen-bond acceptors (Lipinski definition) is 1. The van der Waals surface area contributed by atoms with Gasteiger partial charge in [0.05, 0.1) is 0 Å². The van der Waals surface area contributed by atoms with E-state index in [1.165, 1.54) is 16.7 Å². The smallest absolute Gasteiger partial charge is 0 e. The Morgan fingerprint density at radius 1 is 0.909 bits per heavy atom. The third-order valence-corrected chi connectivity index (χ3v) is 3.21. The fourth-order valence-corrected chi connectivity index (χ4v) is 2.25. The van der Waals surface area contributed by atoms with E-state index >= 15 is 0 Å². The van der Waals surface area contributed by atoms with Crippen LogP contribution in [-0.2, 0) is 30.0 Å². The van der Waals surface area contributed by atoms with Crippen LogP contribution in [0.15, 0.2) is 78.9 Å². The summed E-state index contributed by atoms with van der Waals surface area (Å²) in [5.41, 5.74) is 4.16. The van der Waals surface area contributed by atoms with Crippen molar-refractivity contribution in [1.29, 1.82) is 0 Å². The molecular formula is C20H23FeN-6. The van der Waals surface area contributed by atoms with Crippen molar-refractivity contribution in [1.82, 2.24) is 4.90 Å². The number of nitrogens with zero attached hydrogens (tertiary/aromatic N) is 1. The average Bonchev–Trinajstić information content (AvgIpc) is 3.14. The molecule has 0 aromatic heterocycles. The second-order valence-corrected chi connectivity index (χ2v) is 5.49. The molecule has 0 heterocycles. The minimum absolute atomic E-state index is 0. The van der Waals surface area contributed by atoms with Crippen molar-refractivity contribution in [3.63, 3.8) is 0 Å². The maximum Gasteiger partial charge on any atom is 0 e. The van der Waals surface area contributed by atoms with E-state index in [1.54, 1.807) is 0 Å². The normalized spacial score (nSPS) is 9.77. The van der Waals surface area contributed by atoms with Crippen molar-refractivity contribution in [3.8, 4) is 0 Å². The minimum atomic E-state index is 0. The Morgan fingerprint density at radius 2 is 1.50 bits per heavy atom. The summed E-state index contributed by atoms with van der Waals surface area (Å²) in [7, 11) is 4.15. The maximum absolute atomic E-state index is 2.16. The molecule has 1 nitrogen and oxygen atoms in total. The van der Waals surface area contributed by atoms with E-state index in [1.807, 2.05) is 0 Å². The topological polar surface area (TPSA) is 3.24 Å². The molecule has 0 spiro atoms. The molecule has 0 saturated heterocycles. The standard InChI is InChI=1S/C12H11.C8H12N.Fe/c1-2-6-11(7-3-1)10-12-8-4-5-9-12;1-9(2)7-8-5-3-4-6-8;/h1-9H,10H2;3-6H,7H2,1-2H3;/q-5;-1;. The Balaban J connectivity index is 0.000000219. The van der Waals surface area contributed by atoms with Crippen LogP contribution in [-0.4, -0.2) is 19.0 Å². The number of benzene rings is 1. The van der Waals surface area contributed by atoms with Crippen molar-refractivity contribution >= 4 is 0 Å². The largest absolute Gasteiger partial charge is 0.748 e. The Hall–Kier alpha value is -1.60. The third kappa shape index (κ3) is 6.91. The van der Waals surface area contributed by atoms with E-state index in [0.717, 1.165) is 13.0 Å². The van der Waals surface area contributed by atoms with Crippen LogP contribution in [0.2, 0.25) is 0 Å². The third-order valence-electron chi connectivity index (χ3n) is 3.21. The first-order valence-electron chi connectivity index (χ1n) is 7.34. The van der Waals surface area contributed by atoms with Gasteiger partial charge in [-0.25, -0.2) is 12.1 Å². The van der Waals surface area contributed by atoms with E-state index < -0.39 is 0 Å². The summed E-state index contributed by atoms with van der Waals surface area (Å²) >= 11 is 0. The van der Waals surface area contributed by atoms with Gasteiger partial charge >= 0.3 is 0 Å². The Bertz CT molecular complexity index is 580. The molecule has 0 bridgehead atoms. The molecule has 3 aromatic rings. The molecule has 0 atom stereocenters. The van der Waals surface area contributed by atoms with Crippen LogP contribution in [0.5, 0.6) is 0 Å². The number of rotatable bonds is 4. The van der Waals surface area contributed by atoms with E-state index in [4.69, 9.17) is 0 Å². The molecule has 3 aromatic carbocycles. The van der Waals surface area contributed by atoms with Crippen LogP contribution in [0, 0.1) is 0 Å². The van der Waals surface area contributed by atoms with Crippen LogP contribution < -0.4 is 0 Å². The molecule has 3 rings (SSSR count). The monoisotopic (exact) mass is 333 g/mol. The van der Waals surface area contributed by atoms with Gasteiger partial charge in [0.1, 0.15) is 0 Å². The maximum atomic E-state index is 2.16. The van der Waals surface area contributed by atoms with Gasteiger partial charge in [0.25, 0.3) is 0 Å². The zero-order chi connectivity index (χ0) is 14.9. The molecule has 0 N–H and O–H groups in total. The van der Waals surface area contributed by atoms with E-state index in [-0.39, 0.29) is 17.1 Å². The van der Waals surface area contributed by atoms with Gasteiger partial charge in [0, 0.05) is 17.1 Å². The van der Waals surface area contributed by atoms with Gasteiger partial charge in [-0.2, -0.15) is 18.6 Å². The molecule has 22 heavy (non-hydrogen) atoms. The quantitative estimate of drug-likeness (QED) is 0.503. The van der Waals surface area contributed by atoms with E-state index in [0.29, 0.717) is 0 Å². The van der Waals surface area contributed by atoms with Gasteiger partial charge in [-0.3, -0.25) is 0 Å². The zero-order valence-corrected chi connectivity index (χ0v) is 14.3. The summed E-state index contributed by atoms with van der Waals surface area (Å²) in [6.45, 7) is 1.05. The van der Waals surface area contributed by atoms with Crippen LogP contribution in [0.25, 0.3) is 0 Å². The van der Waals surface area contributed by atoms with Gasteiger partial charge in [-0.15, -0.1) is 5.56 Å². The fourth-order valence-electron chi connectivity index (χ4n) is 2.25. The summed E-state index contributed by atoms with van der Waals surface area (Å²) in [5, 5.41) is 0. The molecule has 2 heteroatoms. The molecule has 0 amide bonds. The summed E-state index contributed by atoms with van der Waals surface area (Å²) in [6.07, 6.45) is 1.05. The van der Waals surface area contributed by atoms with Crippen molar-refractivity contribution in [2.45, 2.75) is 13.0 Å². The van der Waals surface area contributed by atoms with Gasteiger partial charge in [-0.1, -0.05) is 35.9 Å². The predicted octanol–water partition coefficient (Wildman–Crippen LogP) is 4.46. The Labute approximate surface area is 144 Å². The van der Waals surface area contributed by atoms with Crippen LogP contribution in [0.3, 0.4) is 0 Å². The SMILES string of the molecule is CN(C)C[c-]1cccc1.[Fe].c1ccc(C[c-]2[cH-][cH-][cH-][cH-]2)cc1. The molecular weight excluding hydrogens is 310 g/mol. The summed E-state index contributed by atoms with van der Waals surface area (Å²) in [6, 6.07) is 27.4. The first-order chi connectivity index (χ1) is 10.2. The second kappa shape index (κ2) is 10.2. The zero-order valence-electron chi connectivity index (χ0n) is 13.2. The molecule has 122 valence electrons. The van der Waals surface area contributed by atoms with Crippen LogP contribution in [0.1, 0.15) is 16.7 Å². The van der Waals surface area contributed by atoms with Gasteiger partial charge in [0.2, 0.25) is 0 Å². The van der Waals surface area contributed by atoms with Crippen LogP contribution in [0.4, 0.5) is 0 Å². The summed E-state index contributed by atoms with van der Waals surface area (Å²) in [5.74, 6) is 0. The van der Waals surface area contributed by atoms with Crippen LogP contribution >= 0.6 is 0 Å². The fraction of sp³-hybridized carbons (Fsp3) is 0.200. The van der Waals surface area contributed by atoms with Crippen molar-refractivity contribution in [2.75, 3.05) is 14.1 Å². The first kappa shape index (κ1) is 18.4. The minimum Gasteiger partial charge on any atom is -0.748 e. The number of hydrogen-bond donors (Lipinski definition) is 0. The molecule has 0 saturated carbocycles. The average molecular weight is 333 g/mol. The van der Waals surface area contributed by atoms with E-state index in [2.05, 4.69) is 97.9 Å². The molecule has 0 aliphatic rings. The Morgan fingerprint density at radius 3 is 2.05 bits per heavy atom. The van der Waals surface area contributed by atoms with Crippen molar-refractivity contribution < 1.29 is 17.1 Å². The first-order valence-corrected chi connectivity index (χ1v) is 7.34. The molecule has 0 unspecified atom stereocenters. The second-order valence-electron chi connectivity index (χ2n) is 5.49. The Kier molecular flexibility index (Phi) is 8.54. The molecule has 0 fully saturated rings. The van der Waals surface area contributed by atoms with Gasteiger partial charge in [-0.05, 0) is 20.6 Å². The van der Waals surface area contributed by atoms with Gasteiger partial charge in [0.15, 0.2) is 0 Å². The predicted molar refractivity (Wildman–Crippen MR) is 90.7 cm³/mol. The van der Waals surface area contributed by atoms with Crippen molar-refractivity contribution in [3.05, 3.63) is 95.6 Å². The summed E-state index contributed by atoms with van der Waals surface area (Å²) in [4.78, 5) is 2.16. The summed E-state index contributed by atoms with van der Waals surface area (Å²) < 4.78 is 0. The van der Waals surface area contributed by atoms with E-state index in [9.17, 15) is 0 Å².